The maximum Gasteiger partial charge on any atom is 0.228 e. The second-order valence-electron chi connectivity index (χ2n) is 4.04. The summed E-state index contributed by atoms with van der Waals surface area (Å²) in [5, 5.41) is 0. The number of hydrogen-bond acceptors (Lipinski definition) is 4. The van der Waals surface area contributed by atoms with Gasteiger partial charge in [0.05, 0.1) is 6.61 Å². The molecule has 1 aliphatic rings. The molecule has 0 N–H and O–H groups in total. The van der Waals surface area contributed by atoms with Crippen LogP contribution in [0.1, 0.15) is 13.3 Å². The Balaban J connectivity index is 2.16. The van der Waals surface area contributed by atoms with Crippen molar-refractivity contribution in [3.05, 3.63) is 18.3 Å². The lowest BCUT2D eigenvalue weighted by atomic mass is 10.1. The zero-order valence-electron chi connectivity index (χ0n) is 9.80. The average Bonchev–Trinajstić information content (AvgIpc) is 2.71. The monoisotopic (exact) mass is 252 g/mol. The zero-order chi connectivity index (χ0) is 12.3. The molecule has 0 aliphatic carbocycles. The molecule has 0 aromatic carbocycles. The summed E-state index contributed by atoms with van der Waals surface area (Å²) in [6.07, 6.45) is 2.23. The first kappa shape index (κ1) is 12.2. The first-order valence-corrected chi connectivity index (χ1v) is 6.38. The smallest absolute Gasteiger partial charge is 0.228 e. The van der Waals surface area contributed by atoms with Crippen LogP contribution in [0.5, 0.6) is 5.75 Å². The quantitative estimate of drug-likeness (QED) is 0.830. The summed E-state index contributed by atoms with van der Waals surface area (Å²) in [6, 6.07) is 3.60. The number of amides is 1. The highest BCUT2D eigenvalue weighted by molar-refractivity contribution is 7.80. The van der Waals surface area contributed by atoms with Gasteiger partial charge in [-0.1, -0.05) is 0 Å². The van der Waals surface area contributed by atoms with Gasteiger partial charge in [-0.3, -0.25) is 9.69 Å². The van der Waals surface area contributed by atoms with Gasteiger partial charge in [-0.15, -0.1) is 0 Å². The van der Waals surface area contributed by atoms with E-state index in [-0.39, 0.29) is 5.91 Å². The number of aromatic nitrogens is 1. The molecule has 2 rings (SSSR count). The van der Waals surface area contributed by atoms with Crippen LogP contribution in [0.3, 0.4) is 0 Å². The minimum Gasteiger partial charge on any atom is -0.494 e. The summed E-state index contributed by atoms with van der Waals surface area (Å²) in [6.45, 7) is 3.24. The predicted octanol–water partition coefficient (Wildman–Crippen LogP) is 1.76. The molecule has 5 heteroatoms. The summed E-state index contributed by atoms with van der Waals surface area (Å²) >= 11 is 4.24. The third-order valence-corrected chi connectivity index (χ3v) is 3.28. The highest BCUT2D eigenvalue weighted by Gasteiger charge is 2.30. The maximum atomic E-state index is 11.8. The van der Waals surface area contributed by atoms with Crippen LogP contribution in [-0.4, -0.2) is 29.8 Å². The molecule has 1 amide bonds. The van der Waals surface area contributed by atoms with Crippen LogP contribution < -0.4 is 9.64 Å². The van der Waals surface area contributed by atoms with Gasteiger partial charge < -0.3 is 4.74 Å². The minimum atomic E-state index is 0.116. The van der Waals surface area contributed by atoms with Gasteiger partial charge in [0.2, 0.25) is 5.91 Å². The number of anilines is 1. The highest BCUT2D eigenvalue weighted by atomic mass is 32.1. The van der Waals surface area contributed by atoms with E-state index in [2.05, 4.69) is 17.6 Å². The van der Waals surface area contributed by atoms with E-state index in [1.54, 1.807) is 17.2 Å². The number of pyridine rings is 1. The van der Waals surface area contributed by atoms with Gasteiger partial charge in [-0.2, -0.15) is 12.6 Å². The Labute approximate surface area is 106 Å². The Morgan fingerprint density at radius 3 is 3.12 bits per heavy atom. The van der Waals surface area contributed by atoms with Crippen LogP contribution in [0.15, 0.2) is 18.3 Å². The van der Waals surface area contributed by atoms with Crippen LogP contribution in [0.25, 0.3) is 0 Å². The molecule has 1 fully saturated rings. The van der Waals surface area contributed by atoms with Gasteiger partial charge in [0.25, 0.3) is 0 Å². The molecule has 0 saturated carbocycles. The molecule has 1 atom stereocenters. The van der Waals surface area contributed by atoms with Gasteiger partial charge in [-0.25, -0.2) is 4.98 Å². The van der Waals surface area contributed by atoms with E-state index in [9.17, 15) is 4.79 Å². The lowest BCUT2D eigenvalue weighted by Gasteiger charge is -2.16. The van der Waals surface area contributed by atoms with Crippen LogP contribution in [0, 0.1) is 5.92 Å². The molecule has 92 valence electrons. The Bertz CT molecular complexity index is 411. The molecular weight excluding hydrogens is 236 g/mol. The lowest BCUT2D eigenvalue weighted by molar-refractivity contribution is -0.117. The summed E-state index contributed by atoms with van der Waals surface area (Å²) in [4.78, 5) is 17.8. The van der Waals surface area contributed by atoms with Crippen LogP contribution in [0.4, 0.5) is 5.82 Å². The van der Waals surface area contributed by atoms with Crippen molar-refractivity contribution in [2.45, 2.75) is 13.3 Å². The first-order valence-electron chi connectivity index (χ1n) is 5.74. The lowest BCUT2D eigenvalue weighted by Crippen LogP contribution is -2.25. The van der Waals surface area contributed by atoms with Gasteiger partial charge in [0, 0.05) is 25.2 Å². The van der Waals surface area contributed by atoms with Crippen molar-refractivity contribution in [2.24, 2.45) is 5.92 Å². The fraction of sp³-hybridized carbons (Fsp3) is 0.500. The number of ether oxygens (including phenoxy) is 1. The van der Waals surface area contributed by atoms with Gasteiger partial charge in [0.1, 0.15) is 11.6 Å². The van der Waals surface area contributed by atoms with Crippen molar-refractivity contribution in [2.75, 3.05) is 23.8 Å². The van der Waals surface area contributed by atoms with E-state index in [1.165, 1.54) is 0 Å². The van der Waals surface area contributed by atoms with Crippen molar-refractivity contribution in [3.8, 4) is 5.75 Å². The molecule has 0 bridgehead atoms. The Morgan fingerprint density at radius 1 is 1.65 bits per heavy atom. The summed E-state index contributed by atoms with van der Waals surface area (Å²) in [7, 11) is 0. The van der Waals surface area contributed by atoms with E-state index < -0.39 is 0 Å². The topological polar surface area (TPSA) is 42.4 Å². The molecule has 17 heavy (non-hydrogen) atoms. The van der Waals surface area contributed by atoms with Gasteiger partial charge >= 0.3 is 0 Å². The average molecular weight is 252 g/mol. The third-order valence-electron chi connectivity index (χ3n) is 2.77. The molecule has 4 nitrogen and oxygen atoms in total. The summed E-state index contributed by atoms with van der Waals surface area (Å²) < 4.78 is 5.40. The number of carbonyl (C=O) groups excluding carboxylic acids is 1. The van der Waals surface area contributed by atoms with E-state index in [0.717, 1.165) is 11.5 Å². The van der Waals surface area contributed by atoms with Crippen molar-refractivity contribution in [1.29, 1.82) is 0 Å². The molecule has 1 aromatic heterocycles. The molecular formula is C12H16N2O2S. The maximum absolute atomic E-state index is 11.8. The second kappa shape index (κ2) is 5.40. The molecule has 1 aromatic rings. The fourth-order valence-electron chi connectivity index (χ4n) is 1.93. The molecule has 1 aliphatic heterocycles. The minimum absolute atomic E-state index is 0.116. The Kier molecular flexibility index (Phi) is 3.89. The largest absolute Gasteiger partial charge is 0.494 e. The van der Waals surface area contributed by atoms with Crippen molar-refractivity contribution in [1.82, 2.24) is 4.98 Å². The van der Waals surface area contributed by atoms with E-state index in [1.807, 2.05) is 13.0 Å². The van der Waals surface area contributed by atoms with Crippen LogP contribution in [-0.2, 0) is 4.79 Å². The summed E-state index contributed by atoms with van der Waals surface area (Å²) in [5.74, 6) is 2.59. The van der Waals surface area contributed by atoms with E-state index in [0.29, 0.717) is 31.3 Å². The molecule has 1 unspecified atom stereocenters. The highest BCUT2D eigenvalue weighted by Crippen LogP contribution is 2.26. The number of nitrogens with zero attached hydrogens (tertiary/aromatic N) is 2. The Morgan fingerprint density at radius 2 is 2.47 bits per heavy atom. The van der Waals surface area contributed by atoms with Crippen molar-refractivity contribution in [3.63, 3.8) is 0 Å². The SMILES string of the molecule is CCOc1ccnc(N2CC(CS)CC2=O)c1. The first-order chi connectivity index (χ1) is 8.24. The standard InChI is InChI=1S/C12H16N2O2S/c1-2-16-10-3-4-13-11(6-10)14-7-9(8-17)5-12(14)15/h3-4,6,9,17H,2,5,7-8H2,1H3. The second-order valence-corrected chi connectivity index (χ2v) is 4.40. The van der Waals surface area contributed by atoms with E-state index in [4.69, 9.17) is 4.74 Å². The van der Waals surface area contributed by atoms with Crippen LogP contribution >= 0.6 is 12.6 Å². The number of rotatable bonds is 4. The van der Waals surface area contributed by atoms with Gasteiger partial charge in [-0.05, 0) is 24.7 Å². The third kappa shape index (κ3) is 2.72. The molecule has 0 spiro atoms. The molecule has 1 saturated heterocycles. The van der Waals surface area contributed by atoms with Crippen molar-refractivity contribution >= 4 is 24.4 Å². The van der Waals surface area contributed by atoms with Crippen molar-refractivity contribution < 1.29 is 9.53 Å². The normalized spacial score (nSPS) is 19.8. The predicted molar refractivity (Wildman–Crippen MR) is 69.7 cm³/mol. The van der Waals surface area contributed by atoms with Crippen LogP contribution in [0.2, 0.25) is 0 Å². The Hall–Kier alpha value is -1.23. The fourth-order valence-corrected chi connectivity index (χ4v) is 2.17. The van der Waals surface area contributed by atoms with Gasteiger partial charge in [0.15, 0.2) is 0 Å². The zero-order valence-corrected chi connectivity index (χ0v) is 10.7. The molecule has 2 heterocycles. The number of carbonyl (C=O) groups is 1. The summed E-state index contributed by atoms with van der Waals surface area (Å²) in [5.41, 5.74) is 0. The number of hydrogen-bond donors (Lipinski definition) is 1. The molecule has 0 radical (unpaired) electrons. The van der Waals surface area contributed by atoms with E-state index >= 15 is 0 Å². The number of thiol groups is 1.